The molecule has 1 atom stereocenters. The number of rotatable bonds is 9. The Morgan fingerprint density at radius 3 is 2.50 bits per heavy atom. The number of carboxylic acids is 1. The lowest BCUT2D eigenvalue weighted by molar-refractivity contribution is -0.142. The lowest BCUT2D eigenvalue weighted by atomic mass is 9.97. The third-order valence-electron chi connectivity index (χ3n) is 3.39. The lowest BCUT2D eigenvalue weighted by Gasteiger charge is -2.24. The number of carboxylic acid groups (broad SMARTS) is 1. The summed E-state index contributed by atoms with van der Waals surface area (Å²) in [6.07, 6.45) is 2.61. The Bertz CT molecular complexity index is 329. The molecular weight excluding hydrogens is 260 g/mol. The van der Waals surface area contributed by atoms with Crippen molar-refractivity contribution in [2.24, 2.45) is 11.8 Å². The van der Waals surface area contributed by atoms with Gasteiger partial charge in [0.2, 0.25) is 0 Å². The second-order valence-corrected chi connectivity index (χ2v) is 5.77. The maximum atomic E-state index is 12.1. The number of nitrogens with one attached hydrogen (secondary N) is 1. The van der Waals surface area contributed by atoms with E-state index in [0.29, 0.717) is 31.5 Å². The maximum Gasteiger partial charge on any atom is 0.317 e. The number of urea groups is 1. The van der Waals surface area contributed by atoms with E-state index in [0.717, 1.165) is 12.8 Å². The summed E-state index contributed by atoms with van der Waals surface area (Å²) in [6.45, 7) is 5.19. The molecule has 0 spiro atoms. The van der Waals surface area contributed by atoms with Gasteiger partial charge in [0, 0.05) is 26.2 Å². The highest BCUT2D eigenvalue weighted by molar-refractivity contribution is 5.76. The summed E-state index contributed by atoms with van der Waals surface area (Å²) in [5.41, 5.74) is 0. The van der Waals surface area contributed by atoms with Crippen LogP contribution in [0.1, 0.15) is 33.1 Å². The fourth-order valence-corrected chi connectivity index (χ4v) is 2.18. The van der Waals surface area contributed by atoms with Crippen molar-refractivity contribution >= 4 is 12.0 Å². The minimum atomic E-state index is -0.853. The monoisotopic (exact) mass is 286 g/mol. The van der Waals surface area contributed by atoms with Crippen LogP contribution in [0, 0.1) is 11.8 Å². The Morgan fingerprint density at radius 1 is 1.40 bits per heavy atom. The van der Waals surface area contributed by atoms with Crippen molar-refractivity contribution in [3.8, 4) is 0 Å². The number of ether oxygens (including phenoxy) is 1. The van der Waals surface area contributed by atoms with Gasteiger partial charge >= 0.3 is 12.0 Å². The van der Waals surface area contributed by atoms with Gasteiger partial charge in [0.05, 0.1) is 12.5 Å². The molecule has 6 nitrogen and oxygen atoms in total. The van der Waals surface area contributed by atoms with E-state index in [1.54, 1.807) is 12.0 Å². The first-order chi connectivity index (χ1) is 9.45. The van der Waals surface area contributed by atoms with Crippen LogP contribution in [0.4, 0.5) is 4.79 Å². The smallest absolute Gasteiger partial charge is 0.317 e. The average molecular weight is 286 g/mol. The second-order valence-electron chi connectivity index (χ2n) is 5.77. The van der Waals surface area contributed by atoms with Gasteiger partial charge in [-0.15, -0.1) is 0 Å². The van der Waals surface area contributed by atoms with Crippen molar-refractivity contribution in [3.05, 3.63) is 0 Å². The standard InChI is InChI=1S/C14H26N2O4/c1-10(2)8-11(13(17)18)9-15-14(19)16(6-7-20-3)12-4-5-12/h10-12H,4-9H2,1-3H3,(H,15,19)(H,17,18). The molecule has 0 aromatic heterocycles. The molecule has 6 heteroatoms. The van der Waals surface area contributed by atoms with Crippen LogP contribution in [0.15, 0.2) is 0 Å². The predicted molar refractivity (Wildman–Crippen MR) is 75.6 cm³/mol. The summed E-state index contributed by atoms with van der Waals surface area (Å²) in [7, 11) is 1.60. The van der Waals surface area contributed by atoms with Gasteiger partial charge in [0.1, 0.15) is 0 Å². The zero-order valence-electron chi connectivity index (χ0n) is 12.6. The van der Waals surface area contributed by atoms with Crippen LogP contribution in [-0.2, 0) is 9.53 Å². The summed E-state index contributed by atoms with van der Waals surface area (Å²) in [5, 5.41) is 11.9. The van der Waals surface area contributed by atoms with Crippen LogP contribution >= 0.6 is 0 Å². The summed E-state index contributed by atoms with van der Waals surface area (Å²) >= 11 is 0. The van der Waals surface area contributed by atoms with Crippen molar-refractivity contribution in [1.29, 1.82) is 0 Å². The van der Waals surface area contributed by atoms with Crippen molar-refractivity contribution in [2.45, 2.75) is 39.2 Å². The quantitative estimate of drug-likeness (QED) is 0.674. The molecule has 20 heavy (non-hydrogen) atoms. The third kappa shape index (κ3) is 5.77. The first kappa shape index (κ1) is 16.8. The molecule has 0 aliphatic heterocycles. The van der Waals surface area contributed by atoms with Gasteiger partial charge in [-0.3, -0.25) is 4.79 Å². The highest BCUT2D eigenvalue weighted by Crippen LogP contribution is 2.26. The fourth-order valence-electron chi connectivity index (χ4n) is 2.18. The number of amides is 2. The minimum absolute atomic E-state index is 0.181. The van der Waals surface area contributed by atoms with E-state index in [9.17, 15) is 9.59 Å². The van der Waals surface area contributed by atoms with Crippen LogP contribution in [0.25, 0.3) is 0 Å². The van der Waals surface area contributed by atoms with E-state index in [1.165, 1.54) is 0 Å². The van der Waals surface area contributed by atoms with E-state index in [1.807, 2.05) is 13.8 Å². The van der Waals surface area contributed by atoms with Crippen molar-refractivity contribution in [1.82, 2.24) is 10.2 Å². The van der Waals surface area contributed by atoms with Gasteiger partial charge in [-0.2, -0.15) is 0 Å². The molecule has 2 amide bonds. The number of hydrogen-bond donors (Lipinski definition) is 2. The first-order valence-electron chi connectivity index (χ1n) is 7.21. The molecule has 0 aromatic rings. The summed E-state index contributed by atoms with van der Waals surface area (Å²) in [6, 6.07) is 0.109. The van der Waals surface area contributed by atoms with Gasteiger partial charge in [-0.05, 0) is 25.2 Å². The highest BCUT2D eigenvalue weighted by Gasteiger charge is 2.32. The molecule has 0 aromatic carbocycles. The number of nitrogens with zero attached hydrogens (tertiary/aromatic N) is 1. The van der Waals surface area contributed by atoms with E-state index in [2.05, 4.69) is 5.32 Å². The Labute approximate surface area is 120 Å². The minimum Gasteiger partial charge on any atom is -0.481 e. The van der Waals surface area contributed by atoms with Gasteiger partial charge < -0.3 is 20.1 Å². The molecule has 1 aliphatic rings. The molecule has 1 unspecified atom stereocenters. The van der Waals surface area contributed by atoms with Gasteiger partial charge in [0.15, 0.2) is 0 Å². The van der Waals surface area contributed by atoms with E-state index in [-0.39, 0.29) is 12.6 Å². The molecular formula is C14H26N2O4. The SMILES string of the molecule is COCCN(C(=O)NCC(CC(C)C)C(=O)O)C1CC1. The lowest BCUT2D eigenvalue weighted by Crippen LogP contribution is -2.45. The fraction of sp³-hybridized carbons (Fsp3) is 0.857. The number of carbonyl (C=O) groups is 2. The Morgan fingerprint density at radius 2 is 2.05 bits per heavy atom. The molecule has 1 rings (SSSR count). The highest BCUT2D eigenvalue weighted by atomic mass is 16.5. The second kappa shape index (κ2) is 8.09. The first-order valence-corrected chi connectivity index (χ1v) is 7.21. The van der Waals surface area contributed by atoms with Crippen molar-refractivity contribution in [3.63, 3.8) is 0 Å². The van der Waals surface area contributed by atoms with Crippen LogP contribution in [0.3, 0.4) is 0 Å². The molecule has 1 aliphatic carbocycles. The molecule has 116 valence electrons. The molecule has 0 radical (unpaired) electrons. The topological polar surface area (TPSA) is 78.9 Å². The normalized spacial score (nSPS) is 16.0. The zero-order valence-corrected chi connectivity index (χ0v) is 12.6. The van der Waals surface area contributed by atoms with Crippen LogP contribution < -0.4 is 5.32 Å². The largest absolute Gasteiger partial charge is 0.481 e. The molecule has 1 fully saturated rings. The van der Waals surface area contributed by atoms with Crippen molar-refractivity contribution in [2.75, 3.05) is 26.8 Å². The predicted octanol–water partition coefficient (Wildman–Crippen LogP) is 1.55. The third-order valence-corrected chi connectivity index (χ3v) is 3.39. The number of hydrogen-bond acceptors (Lipinski definition) is 3. The van der Waals surface area contributed by atoms with Gasteiger partial charge in [0.25, 0.3) is 0 Å². The number of methoxy groups -OCH3 is 1. The van der Waals surface area contributed by atoms with Crippen LogP contribution in [0.2, 0.25) is 0 Å². The number of carbonyl (C=O) groups excluding carboxylic acids is 1. The molecule has 0 heterocycles. The van der Waals surface area contributed by atoms with Crippen LogP contribution in [-0.4, -0.2) is 54.9 Å². The molecule has 0 saturated heterocycles. The Kier molecular flexibility index (Phi) is 6.78. The van der Waals surface area contributed by atoms with Gasteiger partial charge in [-0.1, -0.05) is 13.8 Å². The molecule has 0 bridgehead atoms. The van der Waals surface area contributed by atoms with Crippen molar-refractivity contribution < 1.29 is 19.4 Å². The van der Waals surface area contributed by atoms with Gasteiger partial charge in [-0.25, -0.2) is 4.79 Å². The van der Waals surface area contributed by atoms with Crippen LogP contribution in [0.5, 0.6) is 0 Å². The molecule has 2 N–H and O–H groups in total. The summed E-state index contributed by atoms with van der Waals surface area (Å²) in [5.74, 6) is -1.09. The van der Waals surface area contributed by atoms with E-state index < -0.39 is 11.9 Å². The summed E-state index contributed by atoms with van der Waals surface area (Å²) in [4.78, 5) is 25.0. The van der Waals surface area contributed by atoms with E-state index in [4.69, 9.17) is 9.84 Å². The zero-order chi connectivity index (χ0) is 15.1. The molecule has 1 saturated carbocycles. The Balaban J connectivity index is 2.43. The maximum absolute atomic E-state index is 12.1. The Hall–Kier alpha value is -1.30. The average Bonchev–Trinajstić information content (AvgIpc) is 3.18. The summed E-state index contributed by atoms with van der Waals surface area (Å²) < 4.78 is 5.00. The number of aliphatic carboxylic acids is 1. The van der Waals surface area contributed by atoms with E-state index >= 15 is 0 Å².